The molecule has 2 heterocycles. The summed E-state index contributed by atoms with van der Waals surface area (Å²) in [5, 5.41) is 11.3. The third-order valence-corrected chi connectivity index (χ3v) is 4.21. The zero-order valence-electron chi connectivity index (χ0n) is 13.4. The highest BCUT2D eigenvalue weighted by Gasteiger charge is 2.31. The Bertz CT molecular complexity index is 691. The fourth-order valence-electron chi connectivity index (χ4n) is 2.93. The van der Waals surface area contributed by atoms with Crippen LogP contribution in [0.5, 0.6) is 0 Å². The van der Waals surface area contributed by atoms with Crippen molar-refractivity contribution in [1.82, 2.24) is 25.3 Å². The van der Waals surface area contributed by atoms with Crippen LogP contribution in [0.15, 0.2) is 24.5 Å². The van der Waals surface area contributed by atoms with Gasteiger partial charge >= 0.3 is 0 Å². The Morgan fingerprint density at radius 3 is 3.00 bits per heavy atom. The van der Waals surface area contributed by atoms with Crippen molar-refractivity contribution in [2.24, 2.45) is 11.8 Å². The molecule has 0 spiro atoms. The van der Waals surface area contributed by atoms with Gasteiger partial charge in [0.2, 0.25) is 5.91 Å². The monoisotopic (exact) mass is 314 g/mol. The number of carbonyl (C=O) groups is 1. The standard InChI is InChI=1S/C16H22N6O/c1-10-5-13(6-10)16(23)19-11(2)8-22-9-14(20-21-22)12-3-4-18-15(17)7-12/h3-4,7,9-11,13H,5-6,8H2,1-2H3,(H2,17,18)(H,19,23)/t10?,11-,13?/m0/s1. The number of carbonyl (C=O) groups excluding carboxylic acids is 1. The van der Waals surface area contributed by atoms with Crippen LogP contribution in [-0.4, -0.2) is 31.9 Å². The Labute approximate surface area is 135 Å². The van der Waals surface area contributed by atoms with Crippen molar-refractivity contribution in [2.45, 2.75) is 39.3 Å². The first-order valence-corrected chi connectivity index (χ1v) is 7.93. The van der Waals surface area contributed by atoms with Gasteiger partial charge in [-0.1, -0.05) is 12.1 Å². The molecule has 1 saturated carbocycles. The average Bonchev–Trinajstić information content (AvgIpc) is 2.92. The predicted molar refractivity (Wildman–Crippen MR) is 87.2 cm³/mol. The van der Waals surface area contributed by atoms with Gasteiger partial charge in [-0.3, -0.25) is 4.79 Å². The molecule has 2 aromatic heterocycles. The summed E-state index contributed by atoms with van der Waals surface area (Å²) in [6.45, 7) is 4.74. The number of nitrogen functional groups attached to an aromatic ring is 1. The maximum atomic E-state index is 12.1. The predicted octanol–water partition coefficient (Wildman–Crippen LogP) is 1.47. The van der Waals surface area contributed by atoms with Gasteiger partial charge in [-0.05, 0) is 37.8 Å². The second kappa shape index (κ2) is 6.36. The smallest absolute Gasteiger partial charge is 0.223 e. The van der Waals surface area contributed by atoms with Crippen molar-refractivity contribution in [3.63, 3.8) is 0 Å². The van der Waals surface area contributed by atoms with E-state index >= 15 is 0 Å². The summed E-state index contributed by atoms with van der Waals surface area (Å²) in [6.07, 6.45) is 5.49. The van der Waals surface area contributed by atoms with E-state index in [4.69, 9.17) is 5.73 Å². The number of amides is 1. The van der Waals surface area contributed by atoms with E-state index in [0.717, 1.165) is 24.1 Å². The van der Waals surface area contributed by atoms with Crippen molar-refractivity contribution in [3.05, 3.63) is 24.5 Å². The molecule has 1 amide bonds. The van der Waals surface area contributed by atoms with Gasteiger partial charge in [-0.15, -0.1) is 5.10 Å². The van der Waals surface area contributed by atoms with Crippen LogP contribution in [0, 0.1) is 11.8 Å². The Kier molecular flexibility index (Phi) is 4.27. The number of aromatic nitrogens is 4. The summed E-state index contributed by atoms with van der Waals surface area (Å²) < 4.78 is 1.74. The highest BCUT2D eigenvalue weighted by Crippen LogP contribution is 2.33. The molecule has 0 saturated heterocycles. The number of anilines is 1. The lowest BCUT2D eigenvalue weighted by Gasteiger charge is -2.32. The summed E-state index contributed by atoms with van der Waals surface area (Å²) in [4.78, 5) is 16.0. The molecule has 0 unspecified atom stereocenters. The average molecular weight is 314 g/mol. The molecule has 0 radical (unpaired) electrons. The minimum Gasteiger partial charge on any atom is -0.384 e. The Hall–Kier alpha value is -2.44. The molecule has 7 nitrogen and oxygen atoms in total. The van der Waals surface area contributed by atoms with E-state index < -0.39 is 0 Å². The van der Waals surface area contributed by atoms with Gasteiger partial charge in [0.05, 0.1) is 12.7 Å². The maximum absolute atomic E-state index is 12.1. The Balaban J connectivity index is 1.57. The molecule has 3 N–H and O–H groups in total. The Morgan fingerprint density at radius 2 is 2.30 bits per heavy atom. The van der Waals surface area contributed by atoms with E-state index in [-0.39, 0.29) is 17.9 Å². The third-order valence-electron chi connectivity index (χ3n) is 4.21. The largest absolute Gasteiger partial charge is 0.384 e. The molecule has 1 aliphatic carbocycles. The van der Waals surface area contributed by atoms with Crippen LogP contribution in [0.2, 0.25) is 0 Å². The minimum absolute atomic E-state index is 0.00969. The second-order valence-electron chi connectivity index (χ2n) is 6.48. The van der Waals surface area contributed by atoms with Crippen molar-refractivity contribution < 1.29 is 4.79 Å². The van der Waals surface area contributed by atoms with Crippen LogP contribution in [0.1, 0.15) is 26.7 Å². The fraction of sp³-hybridized carbons (Fsp3) is 0.500. The van der Waals surface area contributed by atoms with Gasteiger partial charge in [0.1, 0.15) is 11.5 Å². The molecule has 2 aromatic rings. The van der Waals surface area contributed by atoms with Crippen molar-refractivity contribution in [1.29, 1.82) is 0 Å². The van der Waals surface area contributed by atoms with E-state index in [2.05, 4.69) is 27.5 Å². The number of hydrogen-bond acceptors (Lipinski definition) is 5. The van der Waals surface area contributed by atoms with Gasteiger partial charge in [0, 0.05) is 23.7 Å². The van der Waals surface area contributed by atoms with Crippen molar-refractivity contribution in [2.75, 3.05) is 5.73 Å². The molecule has 1 atom stereocenters. The van der Waals surface area contributed by atoms with Crippen LogP contribution < -0.4 is 11.1 Å². The first-order chi connectivity index (χ1) is 11.0. The van der Waals surface area contributed by atoms with Crippen LogP contribution in [0.4, 0.5) is 5.82 Å². The van der Waals surface area contributed by atoms with E-state index in [9.17, 15) is 4.79 Å². The van der Waals surface area contributed by atoms with Crippen LogP contribution in [-0.2, 0) is 11.3 Å². The lowest BCUT2D eigenvalue weighted by atomic mass is 9.75. The highest BCUT2D eigenvalue weighted by molar-refractivity contribution is 5.79. The molecule has 122 valence electrons. The molecular weight excluding hydrogens is 292 g/mol. The molecule has 1 aliphatic rings. The summed E-state index contributed by atoms with van der Waals surface area (Å²) >= 11 is 0. The molecule has 1 fully saturated rings. The lowest BCUT2D eigenvalue weighted by Crippen LogP contribution is -2.43. The Morgan fingerprint density at radius 1 is 1.52 bits per heavy atom. The number of rotatable bonds is 5. The maximum Gasteiger partial charge on any atom is 0.223 e. The van der Waals surface area contributed by atoms with Gasteiger partial charge in [0.15, 0.2) is 0 Å². The van der Waals surface area contributed by atoms with Gasteiger partial charge in [-0.2, -0.15) is 0 Å². The molecule has 23 heavy (non-hydrogen) atoms. The normalized spacial score (nSPS) is 21.5. The topological polar surface area (TPSA) is 98.7 Å². The fourth-order valence-corrected chi connectivity index (χ4v) is 2.93. The number of nitrogens with two attached hydrogens (primary N) is 1. The molecule has 0 bridgehead atoms. The molecule has 0 aliphatic heterocycles. The van der Waals surface area contributed by atoms with Crippen LogP contribution in [0.3, 0.4) is 0 Å². The minimum atomic E-state index is 0.00969. The first kappa shape index (κ1) is 15.5. The van der Waals surface area contributed by atoms with E-state index in [1.54, 1.807) is 16.9 Å². The molecule has 0 aromatic carbocycles. The summed E-state index contributed by atoms with van der Waals surface area (Å²) in [6, 6.07) is 3.61. The highest BCUT2D eigenvalue weighted by atomic mass is 16.2. The summed E-state index contributed by atoms with van der Waals surface area (Å²) in [5.41, 5.74) is 7.30. The quantitative estimate of drug-likeness (QED) is 0.871. The second-order valence-corrected chi connectivity index (χ2v) is 6.48. The number of hydrogen-bond donors (Lipinski definition) is 2. The molecular formula is C16H22N6O. The van der Waals surface area contributed by atoms with E-state index in [1.165, 1.54) is 0 Å². The molecule has 7 heteroatoms. The third kappa shape index (κ3) is 3.67. The first-order valence-electron chi connectivity index (χ1n) is 7.93. The number of nitrogens with one attached hydrogen (secondary N) is 1. The van der Waals surface area contributed by atoms with E-state index in [1.807, 2.05) is 19.2 Å². The SMILES string of the molecule is CC1CC(C(=O)N[C@@H](C)Cn2cc(-c3ccnc(N)c3)nn2)C1. The van der Waals surface area contributed by atoms with E-state index in [0.29, 0.717) is 18.3 Å². The summed E-state index contributed by atoms with van der Waals surface area (Å²) in [7, 11) is 0. The van der Waals surface area contributed by atoms with Gasteiger partial charge < -0.3 is 11.1 Å². The van der Waals surface area contributed by atoms with Crippen LogP contribution in [0.25, 0.3) is 11.3 Å². The lowest BCUT2D eigenvalue weighted by molar-refractivity contribution is -0.129. The molecule has 3 rings (SSSR count). The number of pyridine rings is 1. The summed E-state index contributed by atoms with van der Waals surface area (Å²) in [5.74, 6) is 1.45. The van der Waals surface area contributed by atoms with Gasteiger partial charge in [-0.25, -0.2) is 9.67 Å². The zero-order chi connectivity index (χ0) is 16.4. The van der Waals surface area contributed by atoms with Crippen molar-refractivity contribution in [3.8, 4) is 11.3 Å². The van der Waals surface area contributed by atoms with Crippen molar-refractivity contribution >= 4 is 11.7 Å². The zero-order valence-corrected chi connectivity index (χ0v) is 13.4. The number of nitrogens with zero attached hydrogens (tertiary/aromatic N) is 4. The van der Waals surface area contributed by atoms with Gasteiger partial charge in [0.25, 0.3) is 0 Å². The van der Waals surface area contributed by atoms with Crippen LogP contribution >= 0.6 is 0 Å².